The minimum atomic E-state index is -2.44. The Hall–Kier alpha value is -1.10. The molecular formula is C17H22F2O2S. The van der Waals surface area contributed by atoms with Crippen LogP contribution in [0, 0.1) is 11.8 Å². The second kappa shape index (κ2) is 8.51. The Balaban J connectivity index is 1.82. The molecule has 2 rings (SSSR count). The molecule has 1 aromatic rings. The van der Waals surface area contributed by atoms with Crippen molar-refractivity contribution in [2.75, 3.05) is 0 Å². The van der Waals surface area contributed by atoms with Crippen molar-refractivity contribution in [2.24, 2.45) is 11.8 Å². The lowest BCUT2D eigenvalue weighted by Crippen LogP contribution is -2.25. The molecule has 1 fully saturated rings. The van der Waals surface area contributed by atoms with Crippen LogP contribution in [0.4, 0.5) is 8.78 Å². The third-order valence-corrected chi connectivity index (χ3v) is 4.87. The highest BCUT2D eigenvalue weighted by Gasteiger charge is 2.27. The molecule has 0 bridgehead atoms. The van der Waals surface area contributed by atoms with E-state index in [2.05, 4.69) is 6.92 Å². The van der Waals surface area contributed by atoms with E-state index in [1.54, 1.807) is 24.3 Å². The summed E-state index contributed by atoms with van der Waals surface area (Å²) < 4.78 is 29.8. The van der Waals surface area contributed by atoms with Gasteiger partial charge in [-0.25, -0.2) is 0 Å². The lowest BCUT2D eigenvalue weighted by atomic mass is 9.80. The standard InChI is InChI=1S/C17H22F2O2S/c1-2-3-12-4-6-13(7-5-12)16(20)21-14-8-10-15(11-9-14)22-17(18)19/h8-13,17H,2-7H2,1H3/t12-,13-. The molecule has 0 aromatic heterocycles. The number of esters is 1. The molecule has 0 aliphatic heterocycles. The van der Waals surface area contributed by atoms with Gasteiger partial charge >= 0.3 is 5.97 Å². The van der Waals surface area contributed by atoms with Crippen molar-refractivity contribution in [3.8, 4) is 5.75 Å². The summed E-state index contributed by atoms with van der Waals surface area (Å²) in [5.41, 5.74) is 0. The van der Waals surface area contributed by atoms with Gasteiger partial charge in [0.2, 0.25) is 0 Å². The summed E-state index contributed by atoms with van der Waals surface area (Å²) in [5, 5.41) is 0. The van der Waals surface area contributed by atoms with Crippen LogP contribution in [0.3, 0.4) is 0 Å². The van der Waals surface area contributed by atoms with E-state index in [0.29, 0.717) is 22.4 Å². The van der Waals surface area contributed by atoms with Gasteiger partial charge in [0.25, 0.3) is 5.76 Å². The summed E-state index contributed by atoms with van der Waals surface area (Å²) in [4.78, 5) is 12.6. The molecule has 0 N–H and O–H groups in total. The van der Waals surface area contributed by atoms with Crippen molar-refractivity contribution in [3.05, 3.63) is 24.3 Å². The molecule has 1 aliphatic carbocycles. The van der Waals surface area contributed by atoms with E-state index >= 15 is 0 Å². The van der Waals surface area contributed by atoms with Crippen LogP contribution >= 0.6 is 11.8 Å². The smallest absolute Gasteiger partial charge is 0.314 e. The molecule has 0 heterocycles. The average Bonchev–Trinajstić information content (AvgIpc) is 2.50. The lowest BCUT2D eigenvalue weighted by Gasteiger charge is -2.26. The normalized spacial score (nSPS) is 21.8. The first-order chi connectivity index (χ1) is 10.6. The number of thioether (sulfide) groups is 1. The van der Waals surface area contributed by atoms with Gasteiger partial charge in [-0.3, -0.25) is 4.79 Å². The maximum absolute atomic E-state index is 12.2. The molecule has 0 radical (unpaired) electrons. The number of hydrogen-bond donors (Lipinski definition) is 0. The summed E-state index contributed by atoms with van der Waals surface area (Å²) in [7, 11) is 0. The van der Waals surface area contributed by atoms with Crippen LogP contribution in [0.25, 0.3) is 0 Å². The molecule has 122 valence electrons. The number of rotatable bonds is 6. The minimum Gasteiger partial charge on any atom is -0.426 e. The molecule has 2 nitrogen and oxygen atoms in total. The molecule has 0 saturated heterocycles. The van der Waals surface area contributed by atoms with Crippen molar-refractivity contribution in [1.29, 1.82) is 0 Å². The van der Waals surface area contributed by atoms with Crippen LogP contribution in [0.1, 0.15) is 45.4 Å². The van der Waals surface area contributed by atoms with E-state index in [1.165, 1.54) is 12.8 Å². The monoisotopic (exact) mass is 328 g/mol. The van der Waals surface area contributed by atoms with Crippen molar-refractivity contribution < 1.29 is 18.3 Å². The minimum absolute atomic E-state index is 0.0248. The van der Waals surface area contributed by atoms with Gasteiger partial charge in [0.15, 0.2) is 0 Å². The third-order valence-electron chi connectivity index (χ3n) is 4.14. The van der Waals surface area contributed by atoms with Crippen LogP contribution < -0.4 is 4.74 Å². The van der Waals surface area contributed by atoms with Gasteiger partial charge in [-0.2, -0.15) is 8.78 Å². The molecule has 1 aromatic carbocycles. The Bertz CT molecular complexity index is 468. The van der Waals surface area contributed by atoms with Crippen LogP contribution in [0.15, 0.2) is 29.2 Å². The summed E-state index contributed by atoms with van der Waals surface area (Å²) in [5.74, 6) is -1.47. The predicted molar refractivity (Wildman–Crippen MR) is 84.3 cm³/mol. The fourth-order valence-electron chi connectivity index (χ4n) is 2.98. The quantitative estimate of drug-likeness (QED) is 0.391. The molecule has 1 aliphatic rings. The first-order valence-corrected chi connectivity index (χ1v) is 8.73. The second-order valence-electron chi connectivity index (χ2n) is 5.78. The second-order valence-corrected chi connectivity index (χ2v) is 6.84. The number of alkyl halides is 2. The summed E-state index contributed by atoms with van der Waals surface area (Å²) in [6.07, 6.45) is 6.41. The third kappa shape index (κ3) is 5.27. The highest BCUT2D eigenvalue weighted by Crippen LogP contribution is 2.33. The van der Waals surface area contributed by atoms with Crippen molar-refractivity contribution in [2.45, 2.75) is 56.1 Å². The molecular weight excluding hydrogens is 306 g/mol. The number of benzene rings is 1. The Morgan fingerprint density at radius 3 is 2.41 bits per heavy atom. The zero-order valence-corrected chi connectivity index (χ0v) is 13.6. The molecule has 0 atom stereocenters. The van der Waals surface area contributed by atoms with E-state index in [0.717, 1.165) is 31.6 Å². The Morgan fingerprint density at radius 2 is 1.86 bits per heavy atom. The van der Waals surface area contributed by atoms with Gasteiger partial charge in [0.1, 0.15) is 5.75 Å². The lowest BCUT2D eigenvalue weighted by molar-refractivity contribution is -0.140. The van der Waals surface area contributed by atoms with Crippen LogP contribution in [-0.4, -0.2) is 11.7 Å². The highest BCUT2D eigenvalue weighted by molar-refractivity contribution is 7.99. The molecule has 1 saturated carbocycles. The number of halogens is 2. The van der Waals surface area contributed by atoms with E-state index in [4.69, 9.17) is 4.74 Å². The first-order valence-electron chi connectivity index (χ1n) is 7.85. The summed E-state index contributed by atoms with van der Waals surface area (Å²) in [6.45, 7) is 2.19. The SMILES string of the molecule is CCC[C@H]1CC[C@H](C(=O)Oc2ccc(SC(F)F)cc2)CC1. The number of hydrogen-bond acceptors (Lipinski definition) is 3. The molecule has 0 unspecified atom stereocenters. The van der Waals surface area contributed by atoms with Gasteiger partial charge in [-0.05, 0) is 55.9 Å². The number of carbonyl (C=O) groups is 1. The van der Waals surface area contributed by atoms with Crippen molar-refractivity contribution in [1.82, 2.24) is 0 Å². The molecule has 5 heteroatoms. The van der Waals surface area contributed by atoms with Gasteiger partial charge in [-0.15, -0.1) is 0 Å². The molecule has 0 amide bonds. The molecule has 22 heavy (non-hydrogen) atoms. The maximum Gasteiger partial charge on any atom is 0.314 e. The Kier molecular flexibility index (Phi) is 6.68. The average molecular weight is 328 g/mol. The zero-order chi connectivity index (χ0) is 15.9. The van der Waals surface area contributed by atoms with Gasteiger partial charge in [0.05, 0.1) is 5.92 Å². The Morgan fingerprint density at radius 1 is 1.23 bits per heavy atom. The zero-order valence-electron chi connectivity index (χ0n) is 12.8. The largest absolute Gasteiger partial charge is 0.426 e. The maximum atomic E-state index is 12.2. The van der Waals surface area contributed by atoms with E-state index < -0.39 is 5.76 Å². The van der Waals surface area contributed by atoms with Crippen LogP contribution in [-0.2, 0) is 4.79 Å². The Labute approximate surface area is 134 Å². The fourth-order valence-corrected chi connectivity index (χ4v) is 3.48. The molecule has 0 spiro atoms. The number of carbonyl (C=O) groups excluding carboxylic acids is 1. The fraction of sp³-hybridized carbons (Fsp3) is 0.588. The van der Waals surface area contributed by atoms with Crippen LogP contribution in [0.5, 0.6) is 5.75 Å². The van der Waals surface area contributed by atoms with Gasteiger partial charge in [0, 0.05) is 4.90 Å². The van der Waals surface area contributed by atoms with Crippen molar-refractivity contribution >= 4 is 17.7 Å². The first kappa shape index (κ1) is 17.3. The predicted octanol–water partition coefficient (Wildman–Crippen LogP) is 5.51. The van der Waals surface area contributed by atoms with Gasteiger partial charge < -0.3 is 4.74 Å². The highest BCUT2D eigenvalue weighted by atomic mass is 32.2. The number of ether oxygens (including phenoxy) is 1. The van der Waals surface area contributed by atoms with Gasteiger partial charge in [-0.1, -0.05) is 31.5 Å². The summed E-state index contributed by atoms with van der Waals surface area (Å²) in [6, 6.07) is 6.26. The van der Waals surface area contributed by atoms with E-state index in [1.807, 2.05) is 0 Å². The van der Waals surface area contributed by atoms with E-state index in [-0.39, 0.29) is 11.9 Å². The topological polar surface area (TPSA) is 26.3 Å². The van der Waals surface area contributed by atoms with Crippen molar-refractivity contribution in [3.63, 3.8) is 0 Å². The summed E-state index contributed by atoms with van der Waals surface area (Å²) >= 11 is 0.485. The van der Waals surface area contributed by atoms with Crippen LogP contribution in [0.2, 0.25) is 0 Å². The van der Waals surface area contributed by atoms with E-state index in [9.17, 15) is 13.6 Å².